The minimum atomic E-state index is -4.20. The molecule has 0 saturated heterocycles. The predicted molar refractivity (Wildman–Crippen MR) is 49.3 cm³/mol. The van der Waals surface area contributed by atoms with Crippen LogP contribution < -0.4 is 0 Å². The van der Waals surface area contributed by atoms with Crippen molar-refractivity contribution in [1.82, 2.24) is 0 Å². The van der Waals surface area contributed by atoms with E-state index >= 15 is 0 Å². The maximum absolute atomic E-state index is 10.3. The fourth-order valence-corrected chi connectivity index (χ4v) is 1.68. The Morgan fingerprint density at radius 2 is 1.54 bits per heavy atom. The second kappa shape index (κ2) is 5.11. The van der Waals surface area contributed by atoms with Gasteiger partial charge in [0.05, 0.1) is 11.0 Å². The smallest absolute Gasteiger partial charge is 0.267 e. The Kier molecular flexibility index (Phi) is 6.12. The lowest BCUT2D eigenvalue weighted by molar-refractivity contribution is 0.464. The van der Waals surface area contributed by atoms with Gasteiger partial charge in [-0.05, 0) is 13.3 Å². The predicted octanol–water partition coefficient (Wildman–Crippen LogP) is -0.0376. The van der Waals surface area contributed by atoms with Gasteiger partial charge < -0.3 is 0 Å². The molecule has 0 aliphatic carbocycles. The molecule has 0 fully saturated rings. The molecule has 0 aliphatic heterocycles. The SMILES string of the molecule is CC(CCS(=O)(=O)O)S(=O)(=O)O.Cl. The van der Waals surface area contributed by atoms with Gasteiger partial charge in [0.25, 0.3) is 20.2 Å². The lowest BCUT2D eigenvalue weighted by Gasteiger charge is -2.04. The van der Waals surface area contributed by atoms with Crippen LogP contribution in [-0.2, 0) is 20.2 Å². The Balaban J connectivity index is 0. The average Bonchev–Trinajstić information content (AvgIpc) is 1.78. The quantitative estimate of drug-likeness (QED) is 0.682. The molecule has 0 saturated carbocycles. The Morgan fingerprint density at radius 3 is 1.77 bits per heavy atom. The van der Waals surface area contributed by atoms with Gasteiger partial charge in [0, 0.05) is 0 Å². The molecule has 1 atom stereocenters. The van der Waals surface area contributed by atoms with Crippen molar-refractivity contribution < 1.29 is 25.9 Å². The van der Waals surface area contributed by atoms with Crippen LogP contribution in [0, 0.1) is 0 Å². The van der Waals surface area contributed by atoms with Crippen LogP contribution in [0.3, 0.4) is 0 Å². The van der Waals surface area contributed by atoms with Crippen LogP contribution in [0.4, 0.5) is 0 Å². The van der Waals surface area contributed by atoms with Crippen molar-refractivity contribution in [3.05, 3.63) is 0 Å². The Labute approximate surface area is 83.2 Å². The topological polar surface area (TPSA) is 109 Å². The van der Waals surface area contributed by atoms with E-state index in [0.29, 0.717) is 0 Å². The van der Waals surface area contributed by atoms with Crippen molar-refractivity contribution in [3.63, 3.8) is 0 Å². The molecule has 0 aromatic carbocycles. The summed E-state index contributed by atoms with van der Waals surface area (Å²) >= 11 is 0. The maximum atomic E-state index is 10.3. The maximum Gasteiger partial charge on any atom is 0.267 e. The first kappa shape index (κ1) is 15.6. The van der Waals surface area contributed by atoms with Crippen molar-refractivity contribution in [2.45, 2.75) is 18.6 Å². The van der Waals surface area contributed by atoms with Crippen molar-refractivity contribution in [2.24, 2.45) is 0 Å². The summed E-state index contributed by atoms with van der Waals surface area (Å²) < 4.78 is 57.5. The second-order valence-electron chi connectivity index (χ2n) is 2.40. The van der Waals surface area contributed by atoms with E-state index in [1.54, 1.807) is 0 Å². The van der Waals surface area contributed by atoms with Crippen LogP contribution >= 0.6 is 12.4 Å². The average molecular weight is 255 g/mol. The van der Waals surface area contributed by atoms with E-state index in [4.69, 9.17) is 9.11 Å². The molecule has 9 heteroatoms. The summed E-state index contributed by atoms with van der Waals surface area (Å²) in [5.41, 5.74) is 0. The molecule has 0 aromatic heterocycles. The van der Waals surface area contributed by atoms with E-state index in [2.05, 4.69) is 0 Å². The van der Waals surface area contributed by atoms with Crippen LogP contribution in [0.25, 0.3) is 0 Å². The first-order chi connectivity index (χ1) is 5.13. The molecular weight excluding hydrogens is 244 g/mol. The van der Waals surface area contributed by atoms with Gasteiger partial charge in [0.1, 0.15) is 0 Å². The minimum absolute atomic E-state index is 0. The molecular formula is C4H11ClO6S2. The van der Waals surface area contributed by atoms with Gasteiger partial charge in [-0.2, -0.15) is 16.8 Å². The Bertz CT molecular complexity index is 330. The van der Waals surface area contributed by atoms with Gasteiger partial charge in [0.2, 0.25) is 0 Å². The molecule has 0 heterocycles. The first-order valence-corrected chi connectivity index (χ1v) is 6.15. The summed E-state index contributed by atoms with van der Waals surface area (Å²) in [7, 11) is -8.36. The number of rotatable bonds is 4. The summed E-state index contributed by atoms with van der Waals surface area (Å²) in [6.07, 6.45) is -0.322. The van der Waals surface area contributed by atoms with Gasteiger partial charge in [-0.1, -0.05) is 0 Å². The van der Waals surface area contributed by atoms with Crippen LogP contribution in [0.1, 0.15) is 13.3 Å². The van der Waals surface area contributed by atoms with Crippen LogP contribution in [0.2, 0.25) is 0 Å². The Hall–Kier alpha value is 0.110. The summed E-state index contributed by atoms with van der Waals surface area (Å²) in [6, 6.07) is 0. The highest BCUT2D eigenvalue weighted by Gasteiger charge is 2.19. The molecule has 0 aliphatic rings. The molecule has 0 bridgehead atoms. The summed E-state index contributed by atoms with van der Waals surface area (Å²) in [6.45, 7) is 1.15. The fraction of sp³-hybridized carbons (Fsp3) is 1.00. The van der Waals surface area contributed by atoms with E-state index < -0.39 is 31.2 Å². The number of hydrogen-bond acceptors (Lipinski definition) is 4. The molecule has 1 unspecified atom stereocenters. The molecule has 2 N–H and O–H groups in total. The lowest BCUT2D eigenvalue weighted by atomic mass is 10.4. The summed E-state index contributed by atoms with van der Waals surface area (Å²) in [5.74, 6) is -0.673. The second-order valence-corrected chi connectivity index (χ2v) is 5.81. The highest BCUT2D eigenvalue weighted by molar-refractivity contribution is 7.87. The highest BCUT2D eigenvalue weighted by atomic mass is 35.5. The van der Waals surface area contributed by atoms with Crippen molar-refractivity contribution in [2.75, 3.05) is 5.75 Å². The monoisotopic (exact) mass is 254 g/mol. The molecule has 82 valence electrons. The number of halogens is 1. The van der Waals surface area contributed by atoms with Crippen molar-refractivity contribution in [3.8, 4) is 0 Å². The summed E-state index contributed by atoms with van der Waals surface area (Å²) in [5, 5.41) is -1.18. The van der Waals surface area contributed by atoms with Crippen LogP contribution in [-0.4, -0.2) is 36.9 Å². The first-order valence-electron chi connectivity index (χ1n) is 3.04. The molecule has 0 amide bonds. The molecule has 0 rings (SSSR count). The van der Waals surface area contributed by atoms with E-state index in [0.717, 1.165) is 6.92 Å². The molecule has 6 nitrogen and oxygen atoms in total. The molecule has 13 heavy (non-hydrogen) atoms. The van der Waals surface area contributed by atoms with E-state index in [1.165, 1.54) is 0 Å². The largest absolute Gasteiger partial charge is 0.286 e. The minimum Gasteiger partial charge on any atom is -0.286 e. The third-order valence-electron chi connectivity index (χ3n) is 1.29. The van der Waals surface area contributed by atoms with Crippen molar-refractivity contribution >= 4 is 32.6 Å². The fourth-order valence-electron chi connectivity index (χ4n) is 0.464. The third kappa shape index (κ3) is 8.44. The Morgan fingerprint density at radius 1 is 1.15 bits per heavy atom. The van der Waals surface area contributed by atoms with Crippen molar-refractivity contribution in [1.29, 1.82) is 0 Å². The van der Waals surface area contributed by atoms with Crippen LogP contribution in [0.15, 0.2) is 0 Å². The number of hydrogen-bond donors (Lipinski definition) is 2. The van der Waals surface area contributed by atoms with Gasteiger partial charge >= 0.3 is 0 Å². The zero-order valence-electron chi connectivity index (χ0n) is 6.74. The van der Waals surface area contributed by atoms with Gasteiger partial charge in [-0.15, -0.1) is 12.4 Å². The summed E-state index contributed by atoms with van der Waals surface area (Å²) in [4.78, 5) is 0. The molecule has 0 spiro atoms. The normalized spacial score (nSPS) is 14.7. The molecule has 0 aromatic rings. The van der Waals surface area contributed by atoms with Gasteiger partial charge in [-0.3, -0.25) is 9.11 Å². The third-order valence-corrected chi connectivity index (χ3v) is 3.30. The zero-order chi connectivity index (χ0) is 9.99. The standard InChI is InChI=1S/C4H10O6S2.ClH/c1-4(12(8,9)10)2-3-11(5,6)7;/h4H,2-3H2,1H3,(H,5,6,7)(H,8,9,10);1H. The van der Waals surface area contributed by atoms with E-state index in [9.17, 15) is 16.8 Å². The van der Waals surface area contributed by atoms with Gasteiger partial charge in [0.15, 0.2) is 0 Å². The lowest BCUT2D eigenvalue weighted by Crippen LogP contribution is -2.20. The molecule has 0 radical (unpaired) electrons. The van der Waals surface area contributed by atoms with Crippen LogP contribution in [0.5, 0.6) is 0 Å². The van der Waals surface area contributed by atoms with Gasteiger partial charge in [-0.25, -0.2) is 0 Å². The van der Waals surface area contributed by atoms with E-state index in [1.807, 2.05) is 0 Å². The zero-order valence-corrected chi connectivity index (χ0v) is 9.19. The highest BCUT2D eigenvalue weighted by Crippen LogP contribution is 2.04. The van der Waals surface area contributed by atoms with E-state index in [-0.39, 0.29) is 18.8 Å².